The molecule has 3 rings (SSSR count). The van der Waals surface area contributed by atoms with Crippen LogP contribution in [0.15, 0.2) is 47.2 Å². The van der Waals surface area contributed by atoms with Crippen LogP contribution in [0.3, 0.4) is 0 Å². The molecule has 2 N–H and O–H groups in total. The third-order valence-electron chi connectivity index (χ3n) is 2.30. The van der Waals surface area contributed by atoms with Gasteiger partial charge in [-0.25, -0.2) is 4.98 Å². The van der Waals surface area contributed by atoms with E-state index < -0.39 is 0 Å². The minimum atomic E-state index is 0.511. The van der Waals surface area contributed by atoms with Gasteiger partial charge < -0.3 is 10.2 Å². The number of thiazole rings is 1. The van der Waals surface area contributed by atoms with Crippen LogP contribution in [-0.2, 0) is 0 Å². The number of nitrogens with zero attached hydrogens (tertiary/aromatic N) is 2. The van der Waals surface area contributed by atoms with Gasteiger partial charge in [0, 0.05) is 6.20 Å². The van der Waals surface area contributed by atoms with Gasteiger partial charge in [0.15, 0.2) is 10.9 Å². The molecule has 0 radical (unpaired) electrons. The normalized spacial score (nSPS) is 10.6. The third kappa shape index (κ3) is 1.81. The molecular formula is C12H9N3OS. The minimum Gasteiger partial charge on any atom is -0.463 e. The lowest BCUT2D eigenvalue weighted by Gasteiger charge is -1.97. The van der Waals surface area contributed by atoms with Crippen molar-refractivity contribution in [1.29, 1.82) is 0 Å². The van der Waals surface area contributed by atoms with E-state index in [-0.39, 0.29) is 0 Å². The zero-order valence-electron chi connectivity index (χ0n) is 8.83. The number of aromatic nitrogens is 2. The first-order valence-corrected chi connectivity index (χ1v) is 5.88. The summed E-state index contributed by atoms with van der Waals surface area (Å²) < 4.78 is 5.36. The summed E-state index contributed by atoms with van der Waals surface area (Å²) in [6, 6.07) is 9.43. The summed E-state index contributed by atoms with van der Waals surface area (Å²) in [6.07, 6.45) is 3.37. The number of pyridine rings is 1. The minimum absolute atomic E-state index is 0.511. The van der Waals surface area contributed by atoms with E-state index in [1.54, 1.807) is 12.5 Å². The van der Waals surface area contributed by atoms with Gasteiger partial charge >= 0.3 is 0 Å². The summed E-state index contributed by atoms with van der Waals surface area (Å²) in [7, 11) is 0. The quantitative estimate of drug-likeness (QED) is 0.751. The molecule has 0 atom stereocenters. The third-order valence-corrected chi connectivity index (χ3v) is 3.20. The number of rotatable bonds is 2. The fourth-order valence-electron chi connectivity index (χ4n) is 1.59. The second-order valence-corrected chi connectivity index (χ2v) is 4.45. The standard InChI is InChI=1S/C12H9N3OS/c13-12-15-10(9-5-3-7-16-9)11(17-12)8-4-1-2-6-14-8/h1-7H,(H2,13,15). The monoisotopic (exact) mass is 243 g/mol. The molecule has 84 valence electrons. The molecular weight excluding hydrogens is 234 g/mol. The number of hydrogen-bond acceptors (Lipinski definition) is 5. The smallest absolute Gasteiger partial charge is 0.181 e. The van der Waals surface area contributed by atoms with Crippen molar-refractivity contribution >= 4 is 16.5 Å². The van der Waals surface area contributed by atoms with Crippen LogP contribution in [0.5, 0.6) is 0 Å². The Balaban J connectivity index is 2.18. The Morgan fingerprint density at radius 3 is 2.82 bits per heavy atom. The first-order valence-electron chi connectivity index (χ1n) is 5.06. The summed E-state index contributed by atoms with van der Waals surface area (Å²) in [5.74, 6) is 0.707. The SMILES string of the molecule is Nc1nc(-c2ccco2)c(-c2ccccn2)s1. The number of hydrogen-bond donors (Lipinski definition) is 1. The fraction of sp³-hybridized carbons (Fsp3) is 0. The predicted molar refractivity (Wildman–Crippen MR) is 67.5 cm³/mol. The predicted octanol–water partition coefficient (Wildman–Crippen LogP) is 3.05. The van der Waals surface area contributed by atoms with Crippen molar-refractivity contribution in [2.45, 2.75) is 0 Å². The second kappa shape index (κ2) is 4.03. The number of furan rings is 1. The molecule has 3 heterocycles. The summed E-state index contributed by atoms with van der Waals surface area (Å²) in [5.41, 5.74) is 7.36. The highest BCUT2D eigenvalue weighted by atomic mass is 32.1. The fourth-order valence-corrected chi connectivity index (χ4v) is 2.40. The van der Waals surface area contributed by atoms with Gasteiger partial charge in [-0.3, -0.25) is 4.98 Å². The summed E-state index contributed by atoms with van der Waals surface area (Å²) in [4.78, 5) is 9.53. The average Bonchev–Trinajstić information content (AvgIpc) is 2.98. The van der Waals surface area contributed by atoms with Gasteiger partial charge in [0.2, 0.25) is 0 Å². The van der Waals surface area contributed by atoms with E-state index in [4.69, 9.17) is 10.2 Å². The van der Waals surface area contributed by atoms with E-state index in [1.807, 2.05) is 30.3 Å². The topological polar surface area (TPSA) is 64.9 Å². The van der Waals surface area contributed by atoms with Gasteiger partial charge in [-0.05, 0) is 24.3 Å². The molecule has 0 aliphatic carbocycles. The summed E-state index contributed by atoms with van der Waals surface area (Å²) in [6.45, 7) is 0. The van der Waals surface area contributed by atoms with Crippen molar-refractivity contribution in [2.75, 3.05) is 5.73 Å². The van der Waals surface area contributed by atoms with Gasteiger partial charge in [-0.15, -0.1) is 0 Å². The molecule has 0 amide bonds. The Morgan fingerprint density at radius 2 is 2.12 bits per heavy atom. The maximum Gasteiger partial charge on any atom is 0.181 e. The maximum atomic E-state index is 5.76. The zero-order valence-corrected chi connectivity index (χ0v) is 9.65. The molecule has 0 saturated heterocycles. The molecule has 0 saturated carbocycles. The highest BCUT2D eigenvalue weighted by Crippen LogP contribution is 2.36. The lowest BCUT2D eigenvalue weighted by atomic mass is 10.2. The molecule has 0 aliphatic heterocycles. The largest absolute Gasteiger partial charge is 0.463 e. The van der Waals surface area contributed by atoms with Crippen LogP contribution in [-0.4, -0.2) is 9.97 Å². The van der Waals surface area contributed by atoms with Crippen molar-refractivity contribution in [2.24, 2.45) is 0 Å². The van der Waals surface area contributed by atoms with Gasteiger partial charge in [0.25, 0.3) is 0 Å². The van der Waals surface area contributed by atoms with E-state index in [0.29, 0.717) is 10.9 Å². The zero-order chi connectivity index (χ0) is 11.7. The highest BCUT2D eigenvalue weighted by molar-refractivity contribution is 7.19. The van der Waals surface area contributed by atoms with Crippen LogP contribution in [0.25, 0.3) is 22.0 Å². The molecule has 0 spiro atoms. The first kappa shape index (κ1) is 10.0. The van der Waals surface area contributed by atoms with Crippen molar-refractivity contribution in [3.05, 3.63) is 42.8 Å². The number of nitrogens with two attached hydrogens (primary N) is 1. The van der Waals surface area contributed by atoms with Crippen molar-refractivity contribution in [3.8, 4) is 22.0 Å². The van der Waals surface area contributed by atoms with E-state index in [1.165, 1.54) is 11.3 Å². The van der Waals surface area contributed by atoms with Crippen LogP contribution in [0.2, 0.25) is 0 Å². The number of anilines is 1. The maximum absolute atomic E-state index is 5.76. The lowest BCUT2D eigenvalue weighted by Crippen LogP contribution is -1.83. The van der Waals surface area contributed by atoms with E-state index in [2.05, 4.69) is 9.97 Å². The van der Waals surface area contributed by atoms with Gasteiger partial charge in [0.05, 0.1) is 16.8 Å². The molecule has 3 aromatic heterocycles. The highest BCUT2D eigenvalue weighted by Gasteiger charge is 2.16. The van der Waals surface area contributed by atoms with Crippen LogP contribution in [0.4, 0.5) is 5.13 Å². The van der Waals surface area contributed by atoms with Gasteiger partial charge in [-0.1, -0.05) is 17.4 Å². The van der Waals surface area contributed by atoms with Crippen LogP contribution in [0.1, 0.15) is 0 Å². The molecule has 0 fully saturated rings. The van der Waals surface area contributed by atoms with Crippen LogP contribution in [0, 0.1) is 0 Å². The second-order valence-electron chi connectivity index (χ2n) is 3.42. The summed E-state index contributed by atoms with van der Waals surface area (Å²) in [5, 5.41) is 0.511. The molecule has 17 heavy (non-hydrogen) atoms. The molecule has 0 unspecified atom stereocenters. The molecule has 3 aromatic rings. The lowest BCUT2D eigenvalue weighted by molar-refractivity contribution is 0.580. The van der Waals surface area contributed by atoms with Crippen molar-refractivity contribution < 1.29 is 4.42 Å². The average molecular weight is 243 g/mol. The Labute approximate surface area is 102 Å². The van der Waals surface area contributed by atoms with Crippen molar-refractivity contribution in [1.82, 2.24) is 9.97 Å². The van der Waals surface area contributed by atoms with Gasteiger partial charge in [0.1, 0.15) is 5.69 Å². The van der Waals surface area contributed by atoms with E-state index in [0.717, 1.165) is 16.3 Å². The van der Waals surface area contributed by atoms with Crippen molar-refractivity contribution in [3.63, 3.8) is 0 Å². The molecule has 5 heteroatoms. The Bertz CT molecular complexity index is 617. The molecule has 0 aliphatic rings. The van der Waals surface area contributed by atoms with Crippen LogP contribution >= 0.6 is 11.3 Å². The molecule has 4 nitrogen and oxygen atoms in total. The Hall–Kier alpha value is -2.14. The first-order chi connectivity index (χ1) is 8.34. The summed E-state index contributed by atoms with van der Waals surface area (Å²) >= 11 is 1.41. The van der Waals surface area contributed by atoms with E-state index >= 15 is 0 Å². The Morgan fingerprint density at radius 1 is 1.18 bits per heavy atom. The molecule has 0 aromatic carbocycles. The van der Waals surface area contributed by atoms with E-state index in [9.17, 15) is 0 Å². The Kier molecular flexibility index (Phi) is 2.38. The van der Waals surface area contributed by atoms with Crippen LogP contribution < -0.4 is 5.73 Å². The number of nitrogen functional groups attached to an aromatic ring is 1. The molecule has 0 bridgehead atoms. The van der Waals surface area contributed by atoms with Gasteiger partial charge in [-0.2, -0.15) is 0 Å².